The Balaban J connectivity index is 1.98. The van der Waals surface area contributed by atoms with Gasteiger partial charge < -0.3 is 15.4 Å². The Kier molecular flexibility index (Phi) is 5.56. The largest absolute Gasteiger partial charge is 0.481 e. The number of rotatable bonds is 8. The number of hydrogen-bond donors (Lipinski definition) is 2. The van der Waals surface area contributed by atoms with E-state index in [4.69, 9.17) is 4.74 Å². The van der Waals surface area contributed by atoms with Crippen molar-refractivity contribution in [2.24, 2.45) is 0 Å². The Morgan fingerprint density at radius 3 is 2.90 bits per heavy atom. The van der Waals surface area contributed by atoms with E-state index in [9.17, 15) is 9.18 Å². The molecule has 2 N–H and O–H groups in total. The molecule has 1 aliphatic carbocycles. The zero-order valence-corrected chi connectivity index (χ0v) is 12.6. The van der Waals surface area contributed by atoms with Crippen LogP contribution in [0.4, 0.5) is 4.39 Å². The molecule has 0 radical (unpaired) electrons. The van der Waals surface area contributed by atoms with Crippen molar-refractivity contribution in [1.29, 1.82) is 0 Å². The Morgan fingerprint density at radius 1 is 1.48 bits per heavy atom. The van der Waals surface area contributed by atoms with E-state index < -0.39 is 6.10 Å². The molecule has 1 amide bonds. The van der Waals surface area contributed by atoms with Crippen LogP contribution in [0.2, 0.25) is 0 Å². The normalized spacial score (nSPS) is 15.6. The lowest BCUT2D eigenvalue weighted by Gasteiger charge is -2.17. The van der Waals surface area contributed by atoms with Gasteiger partial charge in [-0.25, -0.2) is 4.39 Å². The summed E-state index contributed by atoms with van der Waals surface area (Å²) in [5, 5.41) is 6.12. The molecule has 5 heteroatoms. The van der Waals surface area contributed by atoms with E-state index in [-0.39, 0.29) is 11.7 Å². The molecule has 0 aromatic heterocycles. The average Bonchev–Trinajstić information content (AvgIpc) is 3.29. The van der Waals surface area contributed by atoms with Crippen molar-refractivity contribution < 1.29 is 13.9 Å². The summed E-state index contributed by atoms with van der Waals surface area (Å²) in [5.41, 5.74) is 0.747. The van der Waals surface area contributed by atoms with Gasteiger partial charge in [-0.3, -0.25) is 4.79 Å². The number of ether oxygens (including phenoxy) is 1. The van der Waals surface area contributed by atoms with E-state index in [1.807, 2.05) is 6.92 Å². The molecule has 1 saturated carbocycles. The van der Waals surface area contributed by atoms with E-state index in [0.29, 0.717) is 24.9 Å². The summed E-state index contributed by atoms with van der Waals surface area (Å²) in [7, 11) is 0. The summed E-state index contributed by atoms with van der Waals surface area (Å²) >= 11 is 0. The van der Waals surface area contributed by atoms with Crippen molar-refractivity contribution in [3.63, 3.8) is 0 Å². The zero-order chi connectivity index (χ0) is 15.2. The average molecular weight is 294 g/mol. The lowest BCUT2D eigenvalue weighted by molar-refractivity contribution is -0.127. The number of carbonyl (C=O) groups is 1. The SMILES string of the molecule is CCCNC(=O)C(C)Oc1ccc(F)cc1CNC1CC1. The molecule has 1 unspecified atom stereocenters. The van der Waals surface area contributed by atoms with Gasteiger partial charge in [-0.1, -0.05) is 6.92 Å². The number of amides is 1. The van der Waals surface area contributed by atoms with Crippen molar-refractivity contribution >= 4 is 5.91 Å². The molecule has 0 aliphatic heterocycles. The first-order chi connectivity index (χ1) is 10.1. The first-order valence-corrected chi connectivity index (χ1v) is 7.56. The minimum Gasteiger partial charge on any atom is -0.481 e. The minimum atomic E-state index is -0.596. The zero-order valence-electron chi connectivity index (χ0n) is 12.6. The Bertz CT molecular complexity index is 489. The second-order valence-corrected chi connectivity index (χ2v) is 5.46. The van der Waals surface area contributed by atoms with Gasteiger partial charge in [0.25, 0.3) is 5.91 Å². The molecule has 2 rings (SSSR count). The molecule has 21 heavy (non-hydrogen) atoms. The van der Waals surface area contributed by atoms with Crippen LogP contribution in [0.25, 0.3) is 0 Å². The molecular formula is C16H23FN2O2. The van der Waals surface area contributed by atoms with Crippen LogP contribution in [0.1, 0.15) is 38.7 Å². The van der Waals surface area contributed by atoms with Crippen LogP contribution in [-0.4, -0.2) is 24.6 Å². The maximum atomic E-state index is 13.4. The fourth-order valence-corrected chi connectivity index (χ4v) is 1.98. The van der Waals surface area contributed by atoms with Gasteiger partial charge in [0.05, 0.1) is 0 Å². The van der Waals surface area contributed by atoms with Crippen LogP contribution in [0.3, 0.4) is 0 Å². The minimum absolute atomic E-state index is 0.151. The topological polar surface area (TPSA) is 50.4 Å². The smallest absolute Gasteiger partial charge is 0.260 e. The van der Waals surface area contributed by atoms with Crippen molar-refractivity contribution in [2.75, 3.05) is 6.54 Å². The van der Waals surface area contributed by atoms with Gasteiger partial charge in [-0.15, -0.1) is 0 Å². The fourth-order valence-electron chi connectivity index (χ4n) is 1.98. The Morgan fingerprint density at radius 2 is 2.24 bits per heavy atom. The third-order valence-corrected chi connectivity index (χ3v) is 3.40. The van der Waals surface area contributed by atoms with Gasteiger partial charge >= 0.3 is 0 Å². The van der Waals surface area contributed by atoms with Crippen molar-refractivity contribution in [3.05, 3.63) is 29.6 Å². The molecule has 4 nitrogen and oxygen atoms in total. The van der Waals surface area contributed by atoms with E-state index >= 15 is 0 Å². The molecule has 0 bridgehead atoms. The summed E-state index contributed by atoms with van der Waals surface area (Å²) in [6, 6.07) is 4.93. The highest BCUT2D eigenvalue weighted by Gasteiger charge is 2.21. The van der Waals surface area contributed by atoms with Crippen LogP contribution in [0.15, 0.2) is 18.2 Å². The maximum Gasteiger partial charge on any atom is 0.260 e. The molecule has 116 valence electrons. The number of nitrogens with one attached hydrogen (secondary N) is 2. The van der Waals surface area contributed by atoms with Crippen molar-refractivity contribution in [3.8, 4) is 5.75 Å². The second kappa shape index (κ2) is 7.41. The quantitative estimate of drug-likeness (QED) is 0.774. The summed E-state index contributed by atoms with van der Waals surface area (Å²) < 4.78 is 19.1. The highest BCUT2D eigenvalue weighted by Crippen LogP contribution is 2.24. The highest BCUT2D eigenvalue weighted by molar-refractivity contribution is 5.80. The fraction of sp³-hybridized carbons (Fsp3) is 0.562. The van der Waals surface area contributed by atoms with Crippen LogP contribution in [0.5, 0.6) is 5.75 Å². The number of benzene rings is 1. The van der Waals surface area contributed by atoms with E-state index in [0.717, 1.165) is 12.0 Å². The Hall–Kier alpha value is -1.62. The summed E-state index contributed by atoms with van der Waals surface area (Å²) in [6.07, 6.45) is 2.62. The second-order valence-electron chi connectivity index (χ2n) is 5.46. The summed E-state index contributed by atoms with van der Waals surface area (Å²) in [5.74, 6) is 0.115. The lowest BCUT2D eigenvalue weighted by atomic mass is 10.2. The number of carbonyl (C=O) groups excluding carboxylic acids is 1. The van der Waals surface area contributed by atoms with Crippen LogP contribution in [-0.2, 0) is 11.3 Å². The monoisotopic (exact) mass is 294 g/mol. The Labute approximate surface area is 125 Å². The molecular weight excluding hydrogens is 271 g/mol. The first-order valence-electron chi connectivity index (χ1n) is 7.56. The van der Waals surface area contributed by atoms with Crippen molar-refractivity contribution in [1.82, 2.24) is 10.6 Å². The molecule has 1 atom stereocenters. The predicted octanol–water partition coefficient (Wildman–Crippen LogP) is 2.37. The molecule has 0 heterocycles. The molecule has 0 spiro atoms. The molecule has 1 aromatic rings. The van der Waals surface area contributed by atoms with Gasteiger partial charge in [0.1, 0.15) is 11.6 Å². The molecule has 0 saturated heterocycles. The molecule has 1 aliphatic rings. The summed E-state index contributed by atoms with van der Waals surface area (Å²) in [4.78, 5) is 11.8. The third kappa shape index (κ3) is 5.01. The molecule has 1 fully saturated rings. The van der Waals surface area contributed by atoms with Gasteiger partial charge in [0.15, 0.2) is 6.10 Å². The maximum absolute atomic E-state index is 13.4. The van der Waals surface area contributed by atoms with E-state index in [2.05, 4.69) is 10.6 Å². The van der Waals surface area contributed by atoms with Crippen LogP contribution >= 0.6 is 0 Å². The lowest BCUT2D eigenvalue weighted by Crippen LogP contribution is -2.36. The van der Waals surface area contributed by atoms with Gasteiger partial charge in [-0.2, -0.15) is 0 Å². The van der Waals surface area contributed by atoms with Crippen LogP contribution < -0.4 is 15.4 Å². The van der Waals surface area contributed by atoms with Crippen molar-refractivity contribution in [2.45, 2.75) is 51.8 Å². The number of hydrogen-bond acceptors (Lipinski definition) is 3. The molecule has 1 aromatic carbocycles. The van der Waals surface area contributed by atoms with Crippen LogP contribution in [0, 0.1) is 5.82 Å². The van der Waals surface area contributed by atoms with Gasteiger partial charge in [-0.05, 0) is 44.4 Å². The van der Waals surface area contributed by atoms with E-state index in [1.165, 1.54) is 25.0 Å². The first kappa shape index (κ1) is 15.8. The standard InChI is InChI=1S/C16H23FN2O2/c1-3-8-18-16(20)11(2)21-15-7-4-13(17)9-12(15)10-19-14-5-6-14/h4,7,9,11,14,19H,3,5-6,8,10H2,1-2H3,(H,18,20). The highest BCUT2D eigenvalue weighted by atomic mass is 19.1. The predicted molar refractivity (Wildman–Crippen MR) is 79.7 cm³/mol. The number of halogens is 1. The van der Waals surface area contributed by atoms with Gasteiger partial charge in [0, 0.05) is 24.7 Å². The van der Waals surface area contributed by atoms with E-state index in [1.54, 1.807) is 13.0 Å². The third-order valence-electron chi connectivity index (χ3n) is 3.40. The summed E-state index contributed by atoms with van der Waals surface area (Å²) in [6.45, 7) is 4.88. The van der Waals surface area contributed by atoms with Gasteiger partial charge in [0.2, 0.25) is 0 Å².